The quantitative estimate of drug-likeness (QED) is 0.442. The maximum absolute atomic E-state index is 10.1. The van der Waals surface area contributed by atoms with Crippen LogP contribution >= 0.6 is 0 Å². The summed E-state index contributed by atoms with van der Waals surface area (Å²) in [6.07, 6.45) is 1.76. The topological polar surface area (TPSA) is 29.1 Å². The molecule has 0 spiro atoms. The molecule has 1 aliphatic heterocycles. The normalized spacial score (nSPS) is 18.0. The predicted molar refractivity (Wildman–Crippen MR) is 32.2 cm³/mol. The van der Waals surface area contributed by atoms with Gasteiger partial charge in [0.1, 0.15) is 0 Å². The van der Waals surface area contributed by atoms with E-state index in [4.69, 9.17) is 0 Å². The van der Waals surface area contributed by atoms with Crippen molar-refractivity contribution in [3.63, 3.8) is 0 Å². The van der Waals surface area contributed by atoms with Gasteiger partial charge in [-0.1, -0.05) is 0 Å². The van der Waals surface area contributed by atoms with Crippen molar-refractivity contribution in [2.45, 2.75) is 12.8 Å². The van der Waals surface area contributed by atoms with Crippen LogP contribution in [0.25, 0.3) is 0 Å². The van der Waals surface area contributed by atoms with Crippen molar-refractivity contribution < 1.29 is 4.79 Å². The molecule has 0 aliphatic carbocycles. The Balaban J connectivity index is 0.000000360. The molecule has 1 heterocycles. The Hall–Kier alpha value is 0.0284. The van der Waals surface area contributed by atoms with E-state index in [1.165, 1.54) is 0 Å². The third-order valence-corrected chi connectivity index (χ3v) is 0.903. The van der Waals surface area contributed by atoms with E-state index >= 15 is 0 Å². The van der Waals surface area contributed by atoms with Crippen molar-refractivity contribution in [2.75, 3.05) is 6.54 Å². The summed E-state index contributed by atoms with van der Waals surface area (Å²) < 4.78 is 0. The van der Waals surface area contributed by atoms with E-state index in [1.807, 2.05) is 0 Å². The molecular weight excluding hydrogens is 153 g/mol. The molecule has 0 aromatic carbocycles. The summed E-state index contributed by atoms with van der Waals surface area (Å²) in [4.78, 5) is 10.1. The summed E-state index contributed by atoms with van der Waals surface area (Å²) in [5.74, 6) is 0.204. The van der Waals surface area contributed by atoms with Gasteiger partial charge < -0.3 is 5.32 Å². The first-order valence-electron chi connectivity index (χ1n) is 2.16. The molecule has 2 nitrogen and oxygen atoms in total. The first-order chi connectivity index (χ1) is 2.89. The molecule has 0 bridgehead atoms. The average molecular weight is 163 g/mol. The molecule has 1 atom stereocenters. The summed E-state index contributed by atoms with van der Waals surface area (Å²) in [5.41, 5.74) is 0. The average Bonchev–Trinajstić information content (AvgIpc) is 1.86. The predicted octanol–water partition coefficient (Wildman–Crippen LogP) is -1.29. The molecule has 0 radical (unpaired) electrons. The molecule has 0 aromatic rings. The number of carbonyl (C=O) groups is 1. The van der Waals surface area contributed by atoms with Crippen LogP contribution in [0.3, 0.4) is 0 Å². The van der Waals surface area contributed by atoms with E-state index in [0.717, 1.165) is 19.4 Å². The fraction of sp³-hybridized carbons (Fsp3) is 0.750. The van der Waals surface area contributed by atoms with Crippen molar-refractivity contribution in [3.05, 3.63) is 0 Å². The molecule has 1 aliphatic rings. The summed E-state index contributed by atoms with van der Waals surface area (Å²) >= 11 is 0. The van der Waals surface area contributed by atoms with Gasteiger partial charge in [-0.05, 0) is 6.42 Å². The molecule has 1 unspecified atom stereocenters. The monoisotopic (exact) mass is 163 g/mol. The number of carbonyl (C=O) groups excluding carboxylic acids is 1. The van der Waals surface area contributed by atoms with E-state index in [9.17, 15) is 4.79 Å². The molecule has 1 saturated heterocycles. The van der Waals surface area contributed by atoms with Gasteiger partial charge in [-0.25, -0.2) is 0 Å². The van der Waals surface area contributed by atoms with Crippen molar-refractivity contribution in [2.24, 2.45) is 0 Å². The maximum atomic E-state index is 10.1. The van der Waals surface area contributed by atoms with Crippen LogP contribution in [0.1, 0.15) is 12.8 Å². The Labute approximate surface area is 54.0 Å². The fourth-order valence-corrected chi connectivity index (χ4v) is 0.565. The minimum absolute atomic E-state index is 0. The zero-order valence-electron chi connectivity index (χ0n) is 4.24. The molecule has 1 rings (SSSR count). The number of amides is 1. The van der Waals surface area contributed by atoms with Gasteiger partial charge in [0.25, 0.3) is 0 Å². The van der Waals surface area contributed by atoms with Crippen molar-refractivity contribution in [1.29, 1.82) is 0 Å². The number of nitrogens with one attached hydrogen (secondary N) is 1. The second kappa shape index (κ2) is 3.09. The van der Waals surface area contributed by atoms with Crippen LogP contribution in [0, 0.1) is 0 Å². The molecule has 0 aromatic heterocycles. The molecule has 0 saturated carbocycles. The van der Waals surface area contributed by atoms with Crippen molar-refractivity contribution in [3.8, 4) is 0 Å². The van der Waals surface area contributed by atoms with Gasteiger partial charge in [-0.15, -0.1) is 0 Å². The molecular formula is C4H10AsNO. The molecule has 1 N–H and O–H groups in total. The second-order valence-electron chi connectivity index (χ2n) is 1.45. The molecule has 42 valence electrons. The Morgan fingerprint density at radius 2 is 2.29 bits per heavy atom. The molecule has 1 fully saturated rings. The van der Waals surface area contributed by atoms with E-state index in [2.05, 4.69) is 5.32 Å². The number of hydrogen-bond acceptors (Lipinski definition) is 1. The van der Waals surface area contributed by atoms with E-state index in [0.29, 0.717) is 0 Å². The van der Waals surface area contributed by atoms with Gasteiger partial charge >= 0.3 is 18.0 Å². The molecule has 7 heavy (non-hydrogen) atoms. The summed E-state index contributed by atoms with van der Waals surface area (Å²) in [6.45, 7) is 0.888. The van der Waals surface area contributed by atoms with Crippen molar-refractivity contribution >= 4 is 23.9 Å². The summed E-state index contributed by atoms with van der Waals surface area (Å²) in [6, 6.07) is 0. The van der Waals surface area contributed by atoms with Crippen molar-refractivity contribution in [1.82, 2.24) is 5.32 Å². The fourth-order valence-electron chi connectivity index (χ4n) is 0.565. The van der Waals surface area contributed by atoms with Crippen LogP contribution in [-0.2, 0) is 4.79 Å². The Morgan fingerprint density at radius 1 is 1.57 bits per heavy atom. The van der Waals surface area contributed by atoms with Gasteiger partial charge in [-0.2, -0.15) is 0 Å². The van der Waals surface area contributed by atoms with Crippen LogP contribution in [0.4, 0.5) is 0 Å². The Morgan fingerprint density at radius 3 is 2.43 bits per heavy atom. The third-order valence-electron chi connectivity index (χ3n) is 0.903. The summed E-state index contributed by atoms with van der Waals surface area (Å²) in [7, 11) is 0. The standard InChI is InChI=1S/C4H7NO.AsH3/c6-4-2-1-3-5-4;/h1-3H2,(H,5,6);1H3. The molecule has 1 amide bonds. The van der Waals surface area contributed by atoms with E-state index < -0.39 is 0 Å². The zero-order valence-corrected chi connectivity index (χ0v) is 7.20. The van der Waals surface area contributed by atoms with Crippen LogP contribution in [0.15, 0.2) is 0 Å². The van der Waals surface area contributed by atoms with Gasteiger partial charge in [0, 0.05) is 13.0 Å². The zero-order chi connectivity index (χ0) is 4.41. The summed E-state index contributed by atoms with van der Waals surface area (Å²) in [5, 5.41) is 2.68. The minimum atomic E-state index is 0. The van der Waals surface area contributed by atoms with Crippen LogP contribution in [0.5, 0.6) is 0 Å². The number of rotatable bonds is 0. The first-order valence-corrected chi connectivity index (χ1v) is 2.16. The van der Waals surface area contributed by atoms with Gasteiger partial charge in [-0.3, -0.25) is 4.79 Å². The van der Waals surface area contributed by atoms with Crippen LogP contribution < -0.4 is 5.32 Å². The van der Waals surface area contributed by atoms with E-state index in [1.54, 1.807) is 0 Å². The van der Waals surface area contributed by atoms with Gasteiger partial charge in [0.2, 0.25) is 5.91 Å². The third kappa shape index (κ3) is 1.98. The second-order valence-corrected chi connectivity index (χ2v) is 1.45. The molecule has 3 heteroatoms. The SMILES string of the molecule is O=C1CCCN1.[AsH3]. The van der Waals surface area contributed by atoms with E-state index in [-0.39, 0.29) is 23.9 Å². The Kier molecular flexibility index (Phi) is 3.10. The van der Waals surface area contributed by atoms with Gasteiger partial charge in [0.05, 0.1) is 0 Å². The first kappa shape index (κ1) is 7.03. The number of hydrogen-bond donors (Lipinski definition) is 1. The van der Waals surface area contributed by atoms with Crippen LogP contribution in [0.2, 0.25) is 0 Å². The van der Waals surface area contributed by atoms with Crippen LogP contribution in [-0.4, -0.2) is 30.4 Å². The Bertz CT molecular complexity index is 66.1. The van der Waals surface area contributed by atoms with Gasteiger partial charge in [0.15, 0.2) is 0 Å².